The molecule has 29 heavy (non-hydrogen) atoms. The quantitative estimate of drug-likeness (QED) is 0.447. The lowest BCUT2D eigenvalue weighted by Crippen LogP contribution is -2.12. The van der Waals surface area contributed by atoms with Gasteiger partial charge in [-0.25, -0.2) is 0 Å². The summed E-state index contributed by atoms with van der Waals surface area (Å²) in [6, 6.07) is 15.1. The van der Waals surface area contributed by atoms with Crippen LogP contribution in [0.1, 0.15) is 12.5 Å². The Hall–Kier alpha value is -3.60. The number of nitrogens with one attached hydrogen (secondary N) is 2. The Morgan fingerprint density at radius 2 is 1.41 bits per heavy atom. The molecule has 0 radical (unpaired) electrons. The van der Waals surface area contributed by atoms with Crippen LogP contribution in [0.25, 0.3) is 43.6 Å². The Morgan fingerprint density at radius 1 is 0.759 bits per heavy atom. The van der Waals surface area contributed by atoms with Gasteiger partial charge in [0.15, 0.2) is 10.9 Å². The maximum absolute atomic E-state index is 13.4. The van der Waals surface area contributed by atoms with Crippen LogP contribution in [0.2, 0.25) is 0 Å². The van der Waals surface area contributed by atoms with Crippen molar-refractivity contribution in [3.63, 3.8) is 0 Å². The Kier molecular flexibility index (Phi) is 3.74. The molecule has 0 aliphatic carbocycles. The summed E-state index contributed by atoms with van der Waals surface area (Å²) < 4.78 is 0. The normalized spacial score (nSPS) is 11.7. The fourth-order valence-electron chi connectivity index (χ4n) is 4.09. The molecule has 0 amide bonds. The SMILES string of the molecule is CCc1cc(N(C)C)cc2c(=O)c3cc4[nH]c5ccccc5c(=O)c4cc3[nH]c12. The van der Waals surface area contributed by atoms with Gasteiger partial charge in [0.05, 0.1) is 16.6 Å². The Balaban J connectivity index is 1.96. The summed E-state index contributed by atoms with van der Waals surface area (Å²) in [7, 11) is 3.94. The number of hydrogen-bond acceptors (Lipinski definition) is 3. The average Bonchev–Trinajstić information content (AvgIpc) is 2.73. The molecule has 0 saturated heterocycles. The average molecular weight is 383 g/mol. The lowest BCUT2D eigenvalue weighted by molar-refractivity contribution is 1.10. The maximum Gasteiger partial charge on any atom is 0.197 e. The lowest BCUT2D eigenvalue weighted by Gasteiger charge is -2.16. The number of aryl methyl sites for hydroxylation is 1. The van der Waals surface area contributed by atoms with Crippen molar-refractivity contribution >= 4 is 49.3 Å². The van der Waals surface area contributed by atoms with Crippen molar-refractivity contribution in [3.05, 3.63) is 74.5 Å². The second-order valence-electron chi connectivity index (χ2n) is 7.67. The number of H-pyrrole nitrogens is 2. The van der Waals surface area contributed by atoms with Crippen LogP contribution in [0.4, 0.5) is 5.69 Å². The molecule has 0 aliphatic rings. The summed E-state index contributed by atoms with van der Waals surface area (Å²) in [5.41, 5.74) is 4.99. The molecule has 5 nitrogen and oxygen atoms in total. The van der Waals surface area contributed by atoms with Crippen LogP contribution >= 0.6 is 0 Å². The van der Waals surface area contributed by atoms with Crippen LogP contribution in [-0.4, -0.2) is 24.1 Å². The van der Waals surface area contributed by atoms with Crippen molar-refractivity contribution in [2.75, 3.05) is 19.0 Å². The Labute approximate surface area is 166 Å². The van der Waals surface area contributed by atoms with Gasteiger partial charge in [-0.3, -0.25) is 9.59 Å². The number of pyridine rings is 2. The van der Waals surface area contributed by atoms with Gasteiger partial charge in [-0.1, -0.05) is 19.1 Å². The van der Waals surface area contributed by atoms with E-state index in [1.54, 1.807) is 12.1 Å². The zero-order valence-corrected chi connectivity index (χ0v) is 16.6. The van der Waals surface area contributed by atoms with E-state index in [0.717, 1.165) is 28.7 Å². The highest BCUT2D eigenvalue weighted by Gasteiger charge is 2.14. The fourth-order valence-corrected chi connectivity index (χ4v) is 4.09. The second-order valence-corrected chi connectivity index (χ2v) is 7.67. The minimum atomic E-state index is -0.0316. The predicted molar refractivity (Wildman–Crippen MR) is 121 cm³/mol. The summed E-state index contributed by atoms with van der Waals surface area (Å²) in [5, 5.41) is 2.47. The molecule has 2 aromatic heterocycles. The molecular formula is C24H21N3O2. The largest absolute Gasteiger partial charge is 0.378 e. The number of anilines is 1. The van der Waals surface area contributed by atoms with Gasteiger partial charge in [-0.2, -0.15) is 0 Å². The fraction of sp³-hybridized carbons (Fsp3) is 0.167. The second kappa shape index (κ2) is 6.21. The summed E-state index contributed by atoms with van der Waals surface area (Å²) in [6.45, 7) is 2.08. The summed E-state index contributed by atoms with van der Waals surface area (Å²) in [6.07, 6.45) is 0.804. The first-order valence-corrected chi connectivity index (χ1v) is 9.72. The third-order valence-corrected chi connectivity index (χ3v) is 5.69. The molecule has 0 saturated carbocycles. The van der Waals surface area contributed by atoms with E-state index in [4.69, 9.17) is 0 Å². The number of rotatable bonds is 2. The minimum absolute atomic E-state index is 0.0249. The molecule has 0 atom stereocenters. The Bertz CT molecular complexity index is 1560. The molecule has 2 heterocycles. The number of benzene rings is 3. The zero-order valence-electron chi connectivity index (χ0n) is 16.6. The van der Waals surface area contributed by atoms with Crippen molar-refractivity contribution in [1.82, 2.24) is 9.97 Å². The van der Waals surface area contributed by atoms with Crippen LogP contribution in [0.15, 0.2) is 58.1 Å². The molecular weight excluding hydrogens is 362 g/mol. The smallest absolute Gasteiger partial charge is 0.197 e. The van der Waals surface area contributed by atoms with Crippen LogP contribution in [0, 0.1) is 0 Å². The first kappa shape index (κ1) is 17.5. The first-order chi connectivity index (χ1) is 14.0. The van der Waals surface area contributed by atoms with Gasteiger partial charge >= 0.3 is 0 Å². The molecule has 5 aromatic rings. The van der Waals surface area contributed by atoms with E-state index >= 15 is 0 Å². The van der Waals surface area contributed by atoms with Gasteiger partial charge < -0.3 is 14.9 Å². The van der Waals surface area contributed by atoms with Crippen molar-refractivity contribution in [3.8, 4) is 0 Å². The van der Waals surface area contributed by atoms with Gasteiger partial charge in [-0.05, 0) is 48.4 Å². The zero-order chi connectivity index (χ0) is 20.3. The summed E-state index contributed by atoms with van der Waals surface area (Å²) >= 11 is 0. The third-order valence-electron chi connectivity index (χ3n) is 5.69. The van der Waals surface area contributed by atoms with E-state index in [1.165, 1.54) is 0 Å². The number of aromatic nitrogens is 2. The summed E-state index contributed by atoms with van der Waals surface area (Å²) in [4.78, 5) is 35.1. The molecule has 3 aromatic carbocycles. The number of aromatic amines is 2. The molecule has 0 aliphatic heterocycles. The van der Waals surface area contributed by atoms with Crippen molar-refractivity contribution in [1.29, 1.82) is 0 Å². The topological polar surface area (TPSA) is 69.0 Å². The number of hydrogen-bond donors (Lipinski definition) is 2. The molecule has 5 rings (SSSR count). The molecule has 5 heteroatoms. The van der Waals surface area contributed by atoms with Gasteiger partial charge in [0.2, 0.25) is 0 Å². The van der Waals surface area contributed by atoms with E-state index in [1.807, 2.05) is 49.3 Å². The standard InChI is InChI=1S/C24H21N3O2/c1-4-13-9-14(27(2)3)10-18-22(13)26-21-12-16-20(11-17(21)24(18)29)25-19-8-6-5-7-15(19)23(16)28/h5-12H,4H2,1-3H3,(H,25,28)(H,26,29). The summed E-state index contributed by atoms with van der Waals surface area (Å²) in [5.74, 6) is 0. The molecule has 0 spiro atoms. The van der Waals surface area contributed by atoms with E-state index in [9.17, 15) is 9.59 Å². The monoisotopic (exact) mass is 383 g/mol. The van der Waals surface area contributed by atoms with Gasteiger partial charge in [0, 0.05) is 46.8 Å². The Morgan fingerprint density at radius 3 is 2.10 bits per heavy atom. The molecule has 0 fully saturated rings. The minimum Gasteiger partial charge on any atom is -0.378 e. The molecule has 2 N–H and O–H groups in total. The number of nitrogens with zero attached hydrogens (tertiary/aromatic N) is 1. The molecule has 0 unspecified atom stereocenters. The number of para-hydroxylation sites is 1. The van der Waals surface area contributed by atoms with Gasteiger partial charge in [0.25, 0.3) is 0 Å². The van der Waals surface area contributed by atoms with Gasteiger partial charge in [0.1, 0.15) is 0 Å². The predicted octanol–water partition coefficient (Wildman–Crippen LogP) is 4.30. The van der Waals surface area contributed by atoms with Crippen LogP contribution < -0.4 is 15.8 Å². The van der Waals surface area contributed by atoms with Crippen LogP contribution in [0.3, 0.4) is 0 Å². The molecule has 144 valence electrons. The molecule has 0 bridgehead atoms. The third kappa shape index (κ3) is 2.54. The van der Waals surface area contributed by atoms with E-state index < -0.39 is 0 Å². The first-order valence-electron chi connectivity index (χ1n) is 9.72. The highest BCUT2D eigenvalue weighted by molar-refractivity contribution is 6.03. The maximum atomic E-state index is 13.4. The van der Waals surface area contributed by atoms with Gasteiger partial charge in [-0.15, -0.1) is 0 Å². The lowest BCUT2D eigenvalue weighted by atomic mass is 10.0. The van der Waals surface area contributed by atoms with E-state index in [2.05, 4.69) is 23.0 Å². The highest BCUT2D eigenvalue weighted by Crippen LogP contribution is 2.26. The highest BCUT2D eigenvalue weighted by atomic mass is 16.1. The number of fused-ring (bicyclic) bond motifs is 4. The van der Waals surface area contributed by atoms with Crippen molar-refractivity contribution in [2.45, 2.75) is 13.3 Å². The van der Waals surface area contributed by atoms with Crippen molar-refractivity contribution < 1.29 is 0 Å². The van der Waals surface area contributed by atoms with Crippen LogP contribution in [-0.2, 0) is 6.42 Å². The van der Waals surface area contributed by atoms with Crippen molar-refractivity contribution in [2.24, 2.45) is 0 Å². The van der Waals surface area contributed by atoms with Crippen LogP contribution in [0.5, 0.6) is 0 Å². The van der Waals surface area contributed by atoms with E-state index in [0.29, 0.717) is 32.6 Å². The van der Waals surface area contributed by atoms with E-state index in [-0.39, 0.29) is 10.9 Å².